The van der Waals surface area contributed by atoms with Crippen LogP contribution in [0.4, 0.5) is 0 Å². The van der Waals surface area contributed by atoms with Crippen LogP contribution in [0, 0.1) is 0 Å². The molecule has 1 aromatic rings. The van der Waals surface area contributed by atoms with E-state index in [-0.39, 0.29) is 11.7 Å². The van der Waals surface area contributed by atoms with E-state index >= 15 is 0 Å². The van der Waals surface area contributed by atoms with Crippen molar-refractivity contribution < 1.29 is 4.79 Å². The Morgan fingerprint density at radius 3 is 2.60 bits per heavy atom. The number of carbonyl (C=O) groups excluding carboxylic acids is 1. The monoisotopic (exact) mass is 155 g/mol. The van der Waals surface area contributed by atoms with Crippen LogP contribution in [0.3, 0.4) is 0 Å². The molecule has 0 aliphatic rings. The molecule has 0 aromatic carbocycles. The fourth-order valence-electron chi connectivity index (χ4n) is 0.661. The van der Waals surface area contributed by atoms with Crippen molar-refractivity contribution >= 4 is 16.8 Å². The molecule has 0 atom stereocenters. The summed E-state index contributed by atoms with van der Waals surface area (Å²) in [6, 6.07) is 3.53. The highest BCUT2D eigenvalue weighted by Gasteiger charge is 1.96. The van der Waals surface area contributed by atoms with E-state index in [1.807, 2.05) is 0 Å². The van der Waals surface area contributed by atoms with E-state index in [2.05, 4.69) is 4.98 Å². The van der Waals surface area contributed by atoms with E-state index in [9.17, 15) is 4.79 Å². The summed E-state index contributed by atoms with van der Waals surface area (Å²) < 4.78 is 0. The molecule has 0 aliphatic heterocycles. The second-order valence-corrected chi connectivity index (χ2v) is 2.31. The van der Waals surface area contributed by atoms with Crippen molar-refractivity contribution in [2.24, 2.45) is 0 Å². The summed E-state index contributed by atoms with van der Waals surface area (Å²) in [4.78, 5) is 14.2. The van der Waals surface area contributed by atoms with Crippen LogP contribution in [0.25, 0.3) is 0 Å². The lowest BCUT2D eigenvalue weighted by molar-refractivity contribution is -0.111. The molecule has 0 amide bonds. The third-order valence-corrected chi connectivity index (χ3v) is 1.23. The fraction of sp³-hybridized carbons (Fsp3) is 0.143. The minimum absolute atomic E-state index is 0.282. The van der Waals surface area contributed by atoms with Crippen LogP contribution in [0.1, 0.15) is 5.56 Å². The minimum Gasteiger partial charge on any atom is -0.281 e. The maximum absolute atomic E-state index is 10.4. The number of pyridine rings is 1. The SMILES string of the molecule is O=C(Cl)Cc1ccncc1. The maximum Gasteiger partial charge on any atom is 0.226 e. The van der Waals surface area contributed by atoms with Gasteiger partial charge in [-0.2, -0.15) is 0 Å². The molecule has 0 saturated carbocycles. The van der Waals surface area contributed by atoms with Gasteiger partial charge in [-0.15, -0.1) is 0 Å². The molecule has 1 aromatic heterocycles. The van der Waals surface area contributed by atoms with Gasteiger partial charge in [-0.25, -0.2) is 0 Å². The summed E-state index contributed by atoms with van der Waals surface area (Å²) in [5.74, 6) is 0. The second kappa shape index (κ2) is 3.32. The number of halogens is 1. The van der Waals surface area contributed by atoms with Gasteiger partial charge in [-0.3, -0.25) is 9.78 Å². The van der Waals surface area contributed by atoms with Crippen LogP contribution in [-0.2, 0) is 11.2 Å². The molecule has 52 valence electrons. The Morgan fingerprint density at radius 2 is 2.10 bits per heavy atom. The van der Waals surface area contributed by atoms with Gasteiger partial charge in [-0.05, 0) is 29.3 Å². The number of nitrogens with zero attached hydrogens (tertiary/aromatic N) is 1. The molecule has 0 aliphatic carbocycles. The average Bonchev–Trinajstić information content (AvgIpc) is 1.88. The molecule has 0 bridgehead atoms. The Morgan fingerprint density at radius 1 is 1.50 bits per heavy atom. The third kappa shape index (κ3) is 2.15. The first kappa shape index (κ1) is 7.22. The number of hydrogen-bond acceptors (Lipinski definition) is 2. The number of rotatable bonds is 2. The van der Waals surface area contributed by atoms with Gasteiger partial charge in [0.15, 0.2) is 0 Å². The highest BCUT2D eigenvalue weighted by molar-refractivity contribution is 6.63. The first-order chi connectivity index (χ1) is 4.79. The molecule has 0 saturated heterocycles. The van der Waals surface area contributed by atoms with Crippen molar-refractivity contribution in [1.29, 1.82) is 0 Å². The van der Waals surface area contributed by atoms with Crippen molar-refractivity contribution in [3.63, 3.8) is 0 Å². The van der Waals surface area contributed by atoms with Crippen molar-refractivity contribution in [3.05, 3.63) is 30.1 Å². The number of carbonyl (C=O) groups is 1. The van der Waals surface area contributed by atoms with Gasteiger partial charge in [0.05, 0.1) is 0 Å². The largest absolute Gasteiger partial charge is 0.281 e. The van der Waals surface area contributed by atoms with Crippen LogP contribution >= 0.6 is 11.6 Å². The van der Waals surface area contributed by atoms with Crippen LogP contribution in [0.2, 0.25) is 0 Å². The molecule has 1 rings (SSSR count). The maximum atomic E-state index is 10.4. The second-order valence-electron chi connectivity index (χ2n) is 1.89. The molecule has 0 spiro atoms. The summed E-state index contributed by atoms with van der Waals surface area (Å²) in [6.07, 6.45) is 3.55. The predicted octanol–water partition coefficient (Wildman–Crippen LogP) is 1.39. The molecule has 0 N–H and O–H groups in total. The van der Waals surface area contributed by atoms with Crippen LogP contribution < -0.4 is 0 Å². The number of aromatic nitrogens is 1. The van der Waals surface area contributed by atoms with E-state index in [4.69, 9.17) is 11.6 Å². The molecular formula is C7H6ClNO. The predicted molar refractivity (Wildman–Crippen MR) is 38.8 cm³/mol. The van der Waals surface area contributed by atoms with Gasteiger partial charge in [0.25, 0.3) is 0 Å². The van der Waals surface area contributed by atoms with Crippen molar-refractivity contribution in [2.75, 3.05) is 0 Å². The van der Waals surface area contributed by atoms with Crippen LogP contribution in [-0.4, -0.2) is 10.2 Å². The fourth-order valence-corrected chi connectivity index (χ4v) is 0.815. The van der Waals surface area contributed by atoms with Gasteiger partial charge in [0.2, 0.25) is 5.24 Å². The molecule has 0 radical (unpaired) electrons. The van der Waals surface area contributed by atoms with Gasteiger partial charge in [0.1, 0.15) is 0 Å². The molecule has 0 unspecified atom stereocenters. The van der Waals surface area contributed by atoms with E-state index in [0.29, 0.717) is 0 Å². The van der Waals surface area contributed by atoms with E-state index < -0.39 is 0 Å². The standard InChI is InChI=1S/C7H6ClNO/c8-7(10)5-6-1-3-9-4-2-6/h1-4H,5H2. The summed E-state index contributed by atoms with van der Waals surface area (Å²) in [5.41, 5.74) is 0.898. The summed E-state index contributed by atoms with van der Waals surface area (Å²) in [6.45, 7) is 0. The highest BCUT2D eigenvalue weighted by Crippen LogP contribution is 1.99. The minimum atomic E-state index is -0.341. The first-order valence-electron chi connectivity index (χ1n) is 2.86. The van der Waals surface area contributed by atoms with Crippen molar-refractivity contribution in [3.8, 4) is 0 Å². The Bertz CT molecular complexity index is 222. The van der Waals surface area contributed by atoms with Gasteiger partial charge >= 0.3 is 0 Å². The molecule has 2 nitrogen and oxygen atoms in total. The number of hydrogen-bond donors (Lipinski definition) is 0. The lowest BCUT2D eigenvalue weighted by Crippen LogP contribution is -1.92. The molecule has 10 heavy (non-hydrogen) atoms. The quantitative estimate of drug-likeness (QED) is 0.605. The summed E-state index contributed by atoms with van der Waals surface area (Å²) in [5, 5.41) is -0.341. The van der Waals surface area contributed by atoms with Gasteiger partial charge in [-0.1, -0.05) is 0 Å². The Hall–Kier alpha value is -0.890. The van der Waals surface area contributed by atoms with Crippen LogP contribution in [0.15, 0.2) is 24.5 Å². The van der Waals surface area contributed by atoms with Crippen molar-refractivity contribution in [1.82, 2.24) is 4.98 Å². The van der Waals surface area contributed by atoms with E-state index in [1.165, 1.54) is 0 Å². The first-order valence-corrected chi connectivity index (χ1v) is 3.24. The zero-order chi connectivity index (χ0) is 7.40. The normalized spacial score (nSPS) is 9.30. The Kier molecular flexibility index (Phi) is 2.40. The van der Waals surface area contributed by atoms with Gasteiger partial charge < -0.3 is 0 Å². The third-order valence-electron chi connectivity index (χ3n) is 1.09. The van der Waals surface area contributed by atoms with Crippen LogP contribution in [0.5, 0.6) is 0 Å². The zero-order valence-electron chi connectivity index (χ0n) is 5.25. The molecular weight excluding hydrogens is 150 g/mol. The summed E-state index contributed by atoms with van der Waals surface area (Å²) >= 11 is 5.15. The Balaban J connectivity index is 2.67. The topological polar surface area (TPSA) is 30.0 Å². The molecule has 3 heteroatoms. The van der Waals surface area contributed by atoms with E-state index in [1.54, 1.807) is 24.5 Å². The lowest BCUT2D eigenvalue weighted by Gasteiger charge is -1.91. The molecule has 1 heterocycles. The smallest absolute Gasteiger partial charge is 0.226 e. The lowest BCUT2D eigenvalue weighted by atomic mass is 10.2. The average molecular weight is 156 g/mol. The highest BCUT2D eigenvalue weighted by atomic mass is 35.5. The molecule has 0 fully saturated rings. The summed E-state index contributed by atoms with van der Waals surface area (Å²) in [7, 11) is 0. The van der Waals surface area contributed by atoms with E-state index in [0.717, 1.165) is 5.56 Å². The van der Waals surface area contributed by atoms with Crippen molar-refractivity contribution in [2.45, 2.75) is 6.42 Å². The van der Waals surface area contributed by atoms with Gasteiger partial charge in [0, 0.05) is 18.8 Å². The Labute approximate surface area is 63.8 Å². The zero-order valence-corrected chi connectivity index (χ0v) is 6.01.